The number of carbonyl (C=O) groups excluding carboxylic acids is 1. The predicted molar refractivity (Wildman–Crippen MR) is 81.0 cm³/mol. The number of hydrogen-bond donors (Lipinski definition) is 1. The van der Waals surface area contributed by atoms with Crippen LogP contribution < -0.4 is 5.32 Å². The topological polar surface area (TPSA) is 60.1 Å². The maximum atomic E-state index is 12.3. The second kappa shape index (κ2) is 6.17. The van der Waals surface area contributed by atoms with Gasteiger partial charge in [0.1, 0.15) is 11.5 Å². The van der Waals surface area contributed by atoms with E-state index in [4.69, 9.17) is 4.42 Å². The molecule has 1 N–H and O–H groups in total. The van der Waals surface area contributed by atoms with E-state index in [0.717, 1.165) is 11.5 Å². The Hall–Kier alpha value is -1.69. The molecule has 108 valence electrons. The highest BCUT2D eigenvalue weighted by Crippen LogP contribution is 2.24. The Morgan fingerprint density at radius 2 is 2.30 bits per heavy atom. The van der Waals surface area contributed by atoms with Crippen LogP contribution in [0.4, 0.5) is 0 Å². The Balaban J connectivity index is 2.26. The maximum absolute atomic E-state index is 12.3. The van der Waals surface area contributed by atoms with Crippen molar-refractivity contribution in [2.75, 3.05) is 12.0 Å². The summed E-state index contributed by atoms with van der Waals surface area (Å²) in [6.07, 6.45) is 3.73. The number of amides is 1. The molecule has 0 aliphatic rings. The molecule has 0 saturated heterocycles. The van der Waals surface area contributed by atoms with Crippen molar-refractivity contribution in [1.29, 1.82) is 0 Å². The molecule has 2 rings (SSSR count). The third-order valence-electron chi connectivity index (χ3n) is 2.84. The smallest absolute Gasteiger partial charge is 0.255 e. The van der Waals surface area contributed by atoms with Crippen LogP contribution >= 0.6 is 11.8 Å². The minimum atomic E-state index is -0.122. The van der Waals surface area contributed by atoms with Crippen LogP contribution in [-0.4, -0.2) is 33.7 Å². The van der Waals surface area contributed by atoms with Crippen LogP contribution in [0.2, 0.25) is 0 Å². The van der Waals surface area contributed by atoms with Crippen LogP contribution in [-0.2, 0) is 7.05 Å². The molecule has 0 aliphatic carbocycles. The zero-order chi connectivity index (χ0) is 14.7. The molecule has 5 nitrogen and oxygen atoms in total. The van der Waals surface area contributed by atoms with Gasteiger partial charge in [-0.1, -0.05) is 0 Å². The summed E-state index contributed by atoms with van der Waals surface area (Å²) in [4.78, 5) is 12.3. The fraction of sp³-hybridized carbons (Fsp3) is 0.429. The molecule has 0 fully saturated rings. The SMILES string of the molecule is CSCC(C)NC(=O)c1cn(C)nc1-c1ccc(C)o1. The summed E-state index contributed by atoms with van der Waals surface area (Å²) in [7, 11) is 1.79. The Bertz CT molecular complexity index is 603. The van der Waals surface area contributed by atoms with E-state index in [1.54, 1.807) is 29.7 Å². The molecule has 2 heterocycles. The lowest BCUT2D eigenvalue weighted by molar-refractivity contribution is 0.0944. The first-order valence-electron chi connectivity index (χ1n) is 6.41. The molecular formula is C14H19N3O2S. The summed E-state index contributed by atoms with van der Waals surface area (Å²) < 4.78 is 7.19. The lowest BCUT2D eigenvalue weighted by Crippen LogP contribution is -2.34. The molecule has 0 saturated carbocycles. The van der Waals surface area contributed by atoms with Gasteiger partial charge in [-0.15, -0.1) is 0 Å². The number of aromatic nitrogens is 2. The Kier molecular flexibility index (Phi) is 4.54. The lowest BCUT2D eigenvalue weighted by atomic mass is 10.2. The fourth-order valence-electron chi connectivity index (χ4n) is 1.99. The number of rotatable bonds is 5. The van der Waals surface area contributed by atoms with Crippen LogP contribution in [0.25, 0.3) is 11.5 Å². The second-order valence-electron chi connectivity index (χ2n) is 4.81. The van der Waals surface area contributed by atoms with Crippen LogP contribution in [0, 0.1) is 6.92 Å². The van der Waals surface area contributed by atoms with Gasteiger partial charge in [-0.2, -0.15) is 16.9 Å². The molecule has 1 unspecified atom stereocenters. The summed E-state index contributed by atoms with van der Waals surface area (Å²) in [5.41, 5.74) is 1.12. The molecule has 6 heteroatoms. The van der Waals surface area contributed by atoms with E-state index in [1.807, 2.05) is 32.2 Å². The van der Waals surface area contributed by atoms with Gasteiger partial charge in [-0.3, -0.25) is 9.48 Å². The lowest BCUT2D eigenvalue weighted by Gasteiger charge is -2.11. The number of carbonyl (C=O) groups is 1. The molecule has 1 amide bonds. The molecule has 2 aromatic heterocycles. The number of furan rings is 1. The number of nitrogens with one attached hydrogen (secondary N) is 1. The van der Waals surface area contributed by atoms with Gasteiger partial charge in [0.2, 0.25) is 0 Å². The zero-order valence-corrected chi connectivity index (χ0v) is 13.0. The van der Waals surface area contributed by atoms with Gasteiger partial charge >= 0.3 is 0 Å². The van der Waals surface area contributed by atoms with Gasteiger partial charge in [-0.05, 0) is 32.2 Å². The largest absolute Gasteiger partial charge is 0.460 e. The summed E-state index contributed by atoms with van der Waals surface area (Å²) >= 11 is 1.70. The van der Waals surface area contributed by atoms with E-state index in [1.165, 1.54) is 0 Å². The molecule has 0 aliphatic heterocycles. The van der Waals surface area contributed by atoms with Crippen LogP contribution in [0.3, 0.4) is 0 Å². The quantitative estimate of drug-likeness (QED) is 0.920. The molecule has 0 radical (unpaired) electrons. The number of aryl methyl sites for hydroxylation is 2. The van der Waals surface area contributed by atoms with Gasteiger partial charge in [0.15, 0.2) is 5.76 Å². The van der Waals surface area contributed by atoms with Gasteiger partial charge < -0.3 is 9.73 Å². The Morgan fingerprint density at radius 1 is 1.55 bits per heavy atom. The maximum Gasteiger partial charge on any atom is 0.255 e. The van der Waals surface area contributed by atoms with Gasteiger partial charge in [0, 0.05) is 25.0 Å². The second-order valence-corrected chi connectivity index (χ2v) is 5.72. The van der Waals surface area contributed by atoms with E-state index in [0.29, 0.717) is 17.0 Å². The first-order valence-corrected chi connectivity index (χ1v) is 7.81. The van der Waals surface area contributed by atoms with Crippen molar-refractivity contribution in [1.82, 2.24) is 15.1 Å². The highest BCUT2D eigenvalue weighted by atomic mass is 32.2. The zero-order valence-electron chi connectivity index (χ0n) is 12.1. The molecule has 1 atom stereocenters. The van der Waals surface area contributed by atoms with E-state index in [2.05, 4.69) is 10.4 Å². The van der Waals surface area contributed by atoms with Crippen molar-refractivity contribution in [2.24, 2.45) is 7.05 Å². The van der Waals surface area contributed by atoms with Crippen molar-refractivity contribution < 1.29 is 9.21 Å². The van der Waals surface area contributed by atoms with Crippen molar-refractivity contribution in [3.8, 4) is 11.5 Å². The Labute approximate surface area is 122 Å². The van der Waals surface area contributed by atoms with E-state index < -0.39 is 0 Å². The summed E-state index contributed by atoms with van der Waals surface area (Å²) in [6, 6.07) is 3.81. The van der Waals surface area contributed by atoms with Crippen molar-refractivity contribution in [2.45, 2.75) is 19.9 Å². The third kappa shape index (κ3) is 3.25. The van der Waals surface area contributed by atoms with E-state index in [9.17, 15) is 4.79 Å². The number of nitrogens with zero attached hydrogens (tertiary/aromatic N) is 2. The summed E-state index contributed by atoms with van der Waals surface area (Å²) in [6.45, 7) is 3.86. The van der Waals surface area contributed by atoms with Crippen molar-refractivity contribution in [3.63, 3.8) is 0 Å². The molecule has 0 aromatic carbocycles. The highest BCUT2D eigenvalue weighted by Gasteiger charge is 2.20. The van der Waals surface area contributed by atoms with Gasteiger partial charge in [-0.25, -0.2) is 0 Å². The van der Waals surface area contributed by atoms with Crippen molar-refractivity contribution >= 4 is 17.7 Å². The highest BCUT2D eigenvalue weighted by molar-refractivity contribution is 7.98. The summed E-state index contributed by atoms with van der Waals surface area (Å²) in [5, 5.41) is 7.30. The van der Waals surface area contributed by atoms with Crippen molar-refractivity contribution in [3.05, 3.63) is 29.7 Å². The number of thioether (sulfide) groups is 1. The molecule has 0 spiro atoms. The first-order chi connectivity index (χ1) is 9.51. The van der Waals surface area contributed by atoms with Gasteiger partial charge in [0.05, 0.1) is 5.56 Å². The van der Waals surface area contributed by atoms with E-state index in [-0.39, 0.29) is 11.9 Å². The third-order valence-corrected chi connectivity index (χ3v) is 3.67. The standard InChI is InChI=1S/C14H19N3O2S/c1-9(8-20-4)15-14(18)11-7-17(3)16-13(11)12-6-5-10(2)19-12/h5-7,9H,8H2,1-4H3,(H,15,18). The van der Waals surface area contributed by atoms with E-state index >= 15 is 0 Å². The first kappa shape index (κ1) is 14.7. The van der Waals surface area contributed by atoms with Gasteiger partial charge in [0.25, 0.3) is 5.91 Å². The fourth-order valence-corrected chi connectivity index (χ4v) is 2.57. The Morgan fingerprint density at radius 3 is 2.90 bits per heavy atom. The average molecular weight is 293 g/mol. The van der Waals surface area contributed by atoms with Crippen LogP contribution in [0.15, 0.2) is 22.7 Å². The van der Waals surface area contributed by atoms with Crippen LogP contribution in [0.5, 0.6) is 0 Å². The summed E-state index contributed by atoms with van der Waals surface area (Å²) in [5.74, 6) is 2.17. The minimum Gasteiger partial charge on any atom is -0.460 e. The van der Waals surface area contributed by atoms with Crippen LogP contribution in [0.1, 0.15) is 23.0 Å². The molecular weight excluding hydrogens is 274 g/mol. The monoisotopic (exact) mass is 293 g/mol. The molecule has 20 heavy (non-hydrogen) atoms. The predicted octanol–water partition coefficient (Wildman–Crippen LogP) is 2.47. The number of hydrogen-bond acceptors (Lipinski definition) is 4. The minimum absolute atomic E-state index is 0.115. The average Bonchev–Trinajstić information content (AvgIpc) is 2.95. The normalized spacial score (nSPS) is 12.4. The molecule has 0 bridgehead atoms. The molecule has 2 aromatic rings.